The summed E-state index contributed by atoms with van der Waals surface area (Å²) in [6, 6.07) is 9.67. The van der Waals surface area contributed by atoms with Crippen molar-refractivity contribution in [1.29, 1.82) is 0 Å². The van der Waals surface area contributed by atoms with Crippen molar-refractivity contribution in [3.8, 4) is 5.75 Å². The van der Waals surface area contributed by atoms with Gasteiger partial charge in [0.1, 0.15) is 5.75 Å². The number of nitro benzene ring substituents is 1. The van der Waals surface area contributed by atoms with Gasteiger partial charge in [0.05, 0.1) is 19.6 Å². The highest BCUT2D eigenvalue weighted by Crippen LogP contribution is 2.34. The van der Waals surface area contributed by atoms with Crippen molar-refractivity contribution in [3.63, 3.8) is 0 Å². The van der Waals surface area contributed by atoms with Gasteiger partial charge in [-0.3, -0.25) is 25.8 Å². The summed E-state index contributed by atoms with van der Waals surface area (Å²) < 4.78 is 6.96. The van der Waals surface area contributed by atoms with E-state index in [9.17, 15) is 14.9 Å². The van der Waals surface area contributed by atoms with Crippen LogP contribution in [0, 0.1) is 17.0 Å². The molecular formula is C17H15Br2N3O4. The average Bonchev–Trinajstić information content (AvgIpc) is 2.58. The van der Waals surface area contributed by atoms with Crippen LogP contribution in [0.3, 0.4) is 0 Å². The highest BCUT2D eigenvalue weighted by atomic mass is 79.9. The molecule has 7 nitrogen and oxygen atoms in total. The van der Waals surface area contributed by atoms with E-state index in [1.165, 1.54) is 18.2 Å². The van der Waals surface area contributed by atoms with Crippen LogP contribution in [0.15, 0.2) is 51.9 Å². The Hall–Kier alpha value is -2.39. The maximum absolute atomic E-state index is 11.9. The molecule has 2 N–H and O–H groups in total. The minimum absolute atomic E-state index is 0.0609. The van der Waals surface area contributed by atoms with Crippen molar-refractivity contribution >= 4 is 49.2 Å². The van der Waals surface area contributed by atoms with Gasteiger partial charge in [-0.15, -0.1) is 0 Å². The van der Waals surface area contributed by atoms with Crippen LogP contribution in [0.2, 0.25) is 0 Å². The van der Waals surface area contributed by atoms with Gasteiger partial charge < -0.3 is 4.74 Å². The van der Waals surface area contributed by atoms with Gasteiger partial charge in [-0.1, -0.05) is 18.7 Å². The second kappa shape index (κ2) is 8.81. The van der Waals surface area contributed by atoms with Gasteiger partial charge in [-0.2, -0.15) is 0 Å². The van der Waals surface area contributed by atoms with Crippen molar-refractivity contribution < 1.29 is 14.5 Å². The molecule has 2 aromatic rings. The third kappa shape index (κ3) is 5.30. The molecule has 0 saturated heterocycles. The van der Waals surface area contributed by atoms with E-state index in [4.69, 9.17) is 4.74 Å². The fourth-order valence-electron chi connectivity index (χ4n) is 2.02. The van der Waals surface area contributed by atoms with Crippen LogP contribution in [-0.4, -0.2) is 17.4 Å². The number of nitrogens with one attached hydrogen (secondary N) is 2. The molecule has 2 aromatic carbocycles. The molecule has 0 aromatic heterocycles. The minimum atomic E-state index is -0.500. The fourth-order valence-corrected chi connectivity index (χ4v) is 3.67. The normalized spacial score (nSPS) is 10.1. The third-order valence-corrected chi connectivity index (χ3v) is 4.43. The lowest BCUT2D eigenvalue weighted by molar-refractivity contribution is -0.384. The fraction of sp³-hybridized carbons (Fsp3) is 0.118. The Morgan fingerprint density at radius 2 is 1.88 bits per heavy atom. The first-order chi connectivity index (χ1) is 12.3. The molecule has 0 fully saturated rings. The lowest BCUT2D eigenvalue weighted by Gasteiger charge is -2.13. The number of hydrogen-bond acceptors (Lipinski definition) is 5. The highest BCUT2D eigenvalue weighted by molar-refractivity contribution is 9.11. The smallest absolute Gasteiger partial charge is 0.276 e. The van der Waals surface area contributed by atoms with Crippen LogP contribution in [0.4, 0.5) is 5.69 Å². The molecule has 9 heteroatoms. The van der Waals surface area contributed by atoms with Crippen LogP contribution in [0.25, 0.3) is 5.70 Å². The number of hydrogen-bond donors (Lipinski definition) is 2. The van der Waals surface area contributed by atoms with E-state index in [-0.39, 0.29) is 12.3 Å². The number of benzene rings is 2. The Balaban J connectivity index is 1.90. The standard InChI is InChI=1S/C17H15Br2N3O4/c1-10-6-14(18)17(15(19)7-10)26-9-16(23)21-20-11(2)12-4-3-5-13(8-12)22(24)25/h3-8,20H,2,9H2,1H3,(H,21,23). The molecule has 1 amide bonds. The van der Waals surface area contributed by atoms with E-state index >= 15 is 0 Å². The molecule has 0 bridgehead atoms. The summed E-state index contributed by atoms with van der Waals surface area (Å²) in [6.07, 6.45) is 0. The number of rotatable bonds is 7. The Morgan fingerprint density at radius 1 is 1.23 bits per heavy atom. The number of ether oxygens (including phenoxy) is 1. The van der Waals surface area contributed by atoms with Gasteiger partial charge in [-0.25, -0.2) is 0 Å². The van der Waals surface area contributed by atoms with Gasteiger partial charge in [-0.05, 0) is 56.5 Å². The SMILES string of the molecule is C=C(NNC(=O)COc1c(Br)cc(C)cc1Br)c1cccc([N+](=O)[O-])c1. The quantitative estimate of drug-likeness (QED) is 0.455. The van der Waals surface area contributed by atoms with Crippen molar-refractivity contribution in [2.45, 2.75) is 6.92 Å². The Kier molecular flexibility index (Phi) is 6.76. The summed E-state index contributed by atoms with van der Waals surface area (Å²) in [5.41, 5.74) is 6.84. The Labute approximate surface area is 166 Å². The summed E-state index contributed by atoms with van der Waals surface area (Å²) in [6.45, 7) is 5.46. The van der Waals surface area contributed by atoms with Crippen molar-refractivity contribution in [2.24, 2.45) is 0 Å². The van der Waals surface area contributed by atoms with Gasteiger partial charge in [0.2, 0.25) is 0 Å². The number of nitrogens with zero attached hydrogens (tertiary/aromatic N) is 1. The second-order valence-corrected chi connectivity index (χ2v) is 7.01. The lowest BCUT2D eigenvalue weighted by Crippen LogP contribution is -2.39. The molecular weight excluding hydrogens is 470 g/mol. The Bertz CT molecular complexity index is 848. The van der Waals surface area contributed by atoms with Crippen molar-refractivity contribution in [3.05, 3.63) is 73.2 Å². The maximum Gasteiger partial charge on any atom is 0.276 e. The molecule has 0 aliphatic carbocycles. The number of carbonyl (C=O) groups is 1. The van der Waals surface area contributed by atoms with Crippen LogP contribution in [-0.2, 0) is 4.79 Å². The maximum atomic E-state index is 11.9. The molecule has 0 unspecified atom stereocenters. The molecule has 26 heavy (non-hydrogen) atoms. The van der Waals surface area contributed by atoms with Crippen LogP contribution in [0.1, 0.15) is 11.1 Å². The molecule has 0 saturated carbocycles. The summed E-state index contributed by atoms with van der Waals surface area (Å²) in [5, 5.41) is 10.8. The van der Waals surface area contributed by atoms with E-state index in [1.54, 1.807) is 6.07 Å². The predicted molar refractivity (Wildman–Crippen MR) is 105 cm³/mol. The number of nitro groups is 1. The second-order valence-electron chi connectivity index (χ2n) is 5.31. The molecule has 0 spiro atoms. The van der Waals surface area contributed by atoms with E-state index in [0.717, 1.165) is 14.5 Å². The molecule has 2 rings (SSSR count). The van der Waals surface area contributed by atoms with Gasteiger partial charge in [0, 0.05) is 17.7 Å². The number of halogens is 2. The first-order valence-electron chi connectivity index (χ1n) is 7.35. The highest BCUT2D eigenvalue weighted by Gasteiger charge is 2.11. The van der Waals surface area contributed by atoms with Gasteiger partial charge in [0.15, 0.2) is 6.61 Å². The molecule has 0 aliphatic rings. The number of hydrazine groups is 1. The van der Waals surface area contributed by atoms with Crippen LogP contribution in [0.5, 0.6) is 5.75 Å². The van der Waals surface area contributed by atoms with E-state index in [2.05, 4.69) is 49.3 Å². The summed E-state index contributed by atoms with van der Waals surface area (Å²) >= 11 is 6.78. The lowest BCUT2D eigenvalue weighted by atomic mass is 10.1. The molecule has 0 aliphatic heterocycles. The largest absolute Gasteiger partial charge is 0.481 e. The molecule has 0 heterocycles. The van der Waals surface area contributed by atoms with E-state index in [1.807, 2.05) is 19.1 Å². The number of aryl methyl sites for hydroxylation is 1. The van der Waals surface area contributed by atoms with Crippen LogP contribution < -0.4 is 15.6 Å². The monoisotopic (exact) mass is 483 g/mol. The first-order valence-corrected chi connectivity index (χ1v) is 8.93. The zero-order valence-corrected chi connectivity index (χ0v) is 16.9. The molecule has 0 radical (unpaired) electrons. The van der Waals surface area contributed by atoms with Crippen molar-refractivity contribution in [2.75, 3.05) is 6.61 Å². The van der Waals surface area contributed by atoms with Crippen molar-refractivity contribution in [1.82, 2.24) is 10.9 Å². The number of carbonyl (C=O) groups excluding carboxylic acids is 1. The van der Waals surface area contributed by atoms with Gasteiger partial charge >= 0.3 is 0 Å². The van der Waals surface area contributed by atoms with Gasteiger partial charge in [0.25, 0.3) is 11.6 Å². The third-order valence-electron chi connectivity index (χ3n) is 3.25. The number of non-ortho nitro benzene ring substituents is 1. The summed E-state index contributed by atoms with van der Waals surface area (Å²) in [7, 11) is 0. The topological polar surface area (TPSA) is 93.5 Å². The first kappa shape index (κ1) is 19.9. The molecule has 136 valence electrons. The minimum Gasteiger partial charge on any atom is -0.481 e. The summed E-state index contributed by atoms with van der Waals surface area (Å²) in [5.74, 6) is 0.0826. The van der Waals surface area contributed by atoms with Crippen LogP contribution >= 0.6 is 31.9 Å². The summed E-state index contributed by atoms with van der Waals surface area (Å²) in [4.78, 5) is 22.2. The van der Waals surface area contributed by atoms with E-state index in [0.29, 0.717) is 17.0 Å². The number of amides is 1. The Morgan fingerprint density at radius 3 is 2.50 bits per heavy atom. The zero-order valence-electron chi connectivity index (χ0n) is 13.7. The van der Waals surface area contributed by atoms with E-state index < -0.39 is 10.8 Å². The predicted octanol–water partition coefficient (Wildman–Crippen LogP) is 4.10. The molecule has 0 atom stereocenters. The zero-order chi connectivity index (χ0) is 19.3. The average molecular weight is 485 g/mol.